The van der Waals surface area contributed by atoms with E-state index in [1.165, 1.54) is 42.1 Å². The Morgan fingerprint density at radius 2 is 1.79 bits per heavy atom. The summed E-state index contributed by atoms with van der Waals surface area (Å²) in [7, 11) is -2.66. The molecule has 0 radical (unpaired) electrons. The molecule has 1 aromatic heterocycles. The molecule has 28 heavy (non-hydrogen) atoms. The van der Waals surface area contributed by atoms with E-state index in [2.05, 4.69) is 5.10 Å². The Balaban J connectivity index is 2.06. The topological polar surface area (TPSA) is 78.3 Å². The SMILES string of the molecule is Cc1cccc(S(=O)(=O)Oc2c(C(=O)c3ccc(Cl)c(Cl)c3)c(C)nn2C)c1. The number of hydrogen-bond acceptors (Lipinski definition) is 5. The van der Waals surface area contributed by atoms with Crippen molar-refractivity contribution in [1.82, 2.24) is 9.78 Å². The summed E-state index contributed by atoms with van der Waals surface area (Å²) in [6.07, 6.45) is 0. The Morgan fingerprint density at radius 1 is 1.07 bits per heavy atom. The number of hydrogen-bond donors (Lipinski definition) is 0. The second-order valence-corrected chi connectivity index (χ2v) is 8.56. The van der Waals surface area contributed by atoms with Crippen molar-refractivity contribution in [1.29, 1.82) is 0 Å². The number of ketones is 1. The first kappa shape index (κ1) is 20.4. The van der Waals surface area contributed by atoms with Gasteiger partial charge in [-0.05, 0) is 49.7 Å². The minimum absolute atomic E-state index is 0.0145. The molecule has 2 aromatic carbocycles. The molecule has 9 heteroatoms. The van der Waals surface area contributed by atoms with Gasteiger partial charge in [-0.25, -0.2) is 4.68 Å². The van der Waals surface area contributed by atoms with E-state index in [0.717, 1.165) is 5.56 Å². The molecule has 0 bridgehead atoms. The highest BCUT2D eigenvalue weighted by molar-refractivity contribution is 7.87. The summed E-state index contributed by atoms with van der Waals surface area (Å²) in [6, 6.07) is 10.7. The Kier molecular flexibility index (Phi) is 5.52. The predicted octanol–water partition coefficient (Wildman–Crippen LogP) is 4.34. The monoisotopic (exact) mass is 438 g/mol. The lowest BCUT2D eigenvalue weighted by Gasteiger charge is -2.10. The van der Waals surface area contributed by atoms with Crippen molar-refractivity contribution in [3.8, 4) is 5.88 Å². The van der Waals surface area contributed by atoms with Crippen LogP contribution in [0.2, 0.25) is 10.0 Å². The normalized spacial score (nSPS) is 11.5. The first-order valence-corrected chi connectivity index (χ1v) is 10.3. The number of aromatic nitrogens is 2. The quantitative estimate of drug-likeness (QED) is 0.437. The van der Waals surface area contributed by atoms with Crippen LogP contribution in [0.3, 0.4) is 0 Å². The van der Waals surface area contributed by atoms with E-state index in [1.54, 1.807) is 26.0 Å². The van der Waals surface area contributed by atoms with Crippen molar-refractivity contribution in [2.75, 3.05) is 0 Å². The summed E-state index contributed by atoms with van der Waals surface area (Å²) in [5.41, 5.74) is 1.37. The van der Waals surface area contributed by atoms with Gasteiger partial charge in [0.05, 0.1) is 15.7 Å². The van der Waals surface area contributed by atoms with Crippen LogP contribution in [0, 0.1) is 13.8 Å². The third-order valence-corrected chi connectivity index (χ3v) is 5.99. The smallest absolute Gasteiger partial charge is 0.340 e. The number of benzene rings is 2. The fraction of sp³-hybridized carbons (Fsp3) is 0.158. The summed E-state index contributed by atoms with van der Waals surface area (Å²) in [6.45, 7) is 3.36. The molecule has 0 saturated heterocycles. The second-order valence-electron chi connectivity index (χ2n) is 6.20. The molecule has 0 saturated carbocycles. The Morgan fingerprint density at radius 3 is 2.43 bits per heavy atom. The van der Waals surface area contributed by atoms with Crippen LogP contribution in [0.5, 0.6) is 5.88 Å². The minimum Gasteiger partial charge on any atom is -0.358 e. The van der Waals surface area contributed by atoms with Gasteiger partial charge in [0.15, 0.2) is 5.78 Å². The largest absolute Gasteiger partial charge is 0.358 e. The number of aryl methyl sites for hydroxylation is 3. The van der Waals surface area contributed by atoms with E-state index in [9.17, 15) is 13.2 Å². The van der Waals surface area contributed by atoms with E-state index in [1.807, 2.05) is 0 Å². The molecule has 0 amide bonds. The molecule has 0 unspecified atom stereocenters. The maximum Gasteiger partial charge on any atom is 0.340 e. The standard InChI is InChI=1S/C19H16Cl2N2O4S/c1-11-5-4-6-14(9-11)28(25,26)27-19-17(12(2)22-23(19)3)18(24)13-7-8-15(20)16(21)10-13/h4-10H,1-3H3. The van der Waals surface area contributed by atoms with Crippen LogP contribution < -0.4 is 4.18 Å². The van der Waals surface area contributed by atoms with Gasteiger partial charge >= 0.3 is 10.1 Å². The zero-order valence-electron chi connectivity index (χ0n) is 15.2. The van der Waals surface area contributed by atoms with E-state index >= 15 is 0 Å². The van der Waals surface area contributed by atoms with Crippen molar-refractivity contribution in [3.05, 3.63) is 74.9 Å². The van der Waals surface area contributed by atoms with Gasteiger partial charge in [-0.1, -0.05) is 35.3 Å². The Bertz CT molecular complexity index is 1190. The summed E-state index contributed by atoms with van der Waals surface area (Å²) < 4.78 is 32.0. The lowest BCUT2D eigenvalue weighted by atomic mass is 10.0. The van der Waals surface area contributed by atoms with Crippen molar-refractivity contribution >= 4 is 39.1 Å². The van der Waals surface area contributed by atoms with Crippen LogP contribution in [-0.2, 0) is 17.2 Å². The number of nitrogens with zero attached hydrogens (tertiary/aromatic N) is 2. The Labute approximate surface area is 172 Å². The molecular weight excluding hydrogens is 423 g/mol. The molecule has 3 rings (SSSR count). The maximum atomic E-state index is 13.0. The number of rotatable bonds is 5. The van der Waals surface area contributed by atoms with E-state index < -0.39 is 15.9 Å². The Hall–Kier alpha value is -2.35. The summed E-state index contributed by atoms with van der Waals surface area (Å²) in [5, 5.41) is 4.66. The molecule has 0 atom stereocenters. The van der Waals surface area contributed by atoms with Gasteiger partial charge in [0, 0.05) is 12.6 Å². The highest BCUT2D eigenvalue weighted by atomic mass is 35.5. The van der Waals surface area contributed by atoms with Crippen molar-refractivity contribution in [2.24, 2.45) is 7.05 Å². The molecule has 0 aliphatic carbocycles. The third-order valence-electron chi connectivity index (χ3n) is 4.05. The number of carbonyl (C=O) groups is 1. The number of halogens is 2. The van der Waals surface area contributed by atoms with Gasteiger partial charge in [0.2, 0.25) is 5.88 Å². The highest BCUT2D eigenvalue weighted by Crippen LogP contribution is 2.30. The number of carbonyl (C=O) groups excluding carboxylic acids is 1. The molecule has 0 aliphatic heterocycles. The van der Waals surface area contributed by atoms with Crippen LogP contribution in [0.1, 0.15) is 27.2 Å². The first-order chi connectivity index (χ1) is 13.1. The van der Waals surface area contributed by atoms with E-state index in [-0.39, 0.29) is 26.9 Å². The van der Waals surface area contributed by atoms with Gasteiger partial charge in [0.1, 0.15) is 10.5 Å². The first-order valence-electron chi connectivity index (χ1n) is 8.14. The van der Waals surface area contributed by atoms with Gasteiger partial charge in [-0.15, -0.1) is 0 Å². The van der Waals surface area contributed by atoms with Gasteiger partial charge in [-0.3, -0.25) is 4.79 Å². The van der Waals surface area contributed by atoms with E-state index in [4.69, 9.17) is 27.4 Å². The molecule has 6 nitrogen and oxygen atoms in total. The van der Waals surface area contributed by atoms with Crippen LogP contribution in [0.25, 0.3) is 0 Å². The molecule has 0 spiro atoms. The zero-order chi connectivity index (χ0) is 20.6. The lowest BCUT2D eigenvalue weighted by molar-refractivity contribution is 0.103. The van der Waals surface area contributed by atoms with Gasteiger partial charge in [0.25, 0.3) is 0 Å². The van der Waals surface area contributed by atoms with Crippen LogP contribution >= 0.6 is 23.2 Å². The molecule has 0 fully saturated rings. The molecular formula is C19H16Cl2N2O4S. The molecule has 146 valence electrons. The maximum absolute atomic E-state index is 13.0. The summed E-state index contributed by atoms with van der Waals surface area (Å²) >= 11 is 11.9. The molecule has 1 heterocycles. The average molecular weight is 439 g/mol. The fourth-order valence-electron chi connectivity index (χ4n) is 2.70. The van der Waals surface area contributed by atoms with Crippen molar-refractivity contribution in [3.63, 3.8) is 0 Å². The third kappa shape index (κ3) is 3.92. The predicted molar refractivity (Wildman–Crippen MR) is 107 cm³/mol. The van der Waals surface area contributed by atoms with Crippen molar-refractivity contribution in [2.45, 2.75) is 18.7 Å². The second kappa shape index (κ2) is 7.58. The summed E-state index contributed by atoms with van der Waals surface area (Å²) in [5.74, 6) is -0.645. The lowest BCUT2D eigenvalue weighted by Crippen LogP contribution is -2.15. The van der Waals surface area contributed by atoms with E-state index in [0.29, 0.717) is 10.7 Å². The van der Waals surface area contributed by atoms with Crippen molar-refractivity contribution < 1.29 is 17.4 Å². The highest BCUT2D eigenvalue weighted by Gasteiger charge is 2.28. The summed E-state index contributed by atoms with van der Waals surface area (Å²) in [4.78, 5) is 13.0. The van der Waals surface area contributed by atoms with Gasteiger partial charge < -0.3 is 4.18 Å². The fourth-order valence-corrected chi connectivity index (χ4v) is 4.07. The zero-order valence-corrected chi connectivity index (χ0v) is 17.6. The van der Waals surface area contributed by atoms with Crippen LogP contribution in [0.4, 0.5) is 0 Å². The van der Waals surface area contributed by atoms with Crippen LogP contribution in [0.15, 0.2) is 47.4 Å². The minimum atomic E-state index is -4.16. The average Bonchev–Trinajstić information content (AvgIpc) is 2.89. The molecule has 0 aliphatic rings. The van der Waals surface area contributed by atoms with Gasteiger partial charge in [-0.2, -0.15) is 13.5 Å². The van der Waals surface area contributed by atoms with Crippen LogP contribution in [-0.4, -0.2) is 24.0 Å². The molecule has 0 N–H and O–H groups in total. The molecule has 3 aromatic rings.